The zero-order chi connectivity index (χ0) is 16.4. The molecule has 0 aliphatic heterocycles. The Balaban J connectivity index is 0.00000484. The van der Waals surface area contributed by atoms with E-state index in [4.69, 9.17) is 20.3 Å². The first-order chi connectivity index (χ1) is 10.5. The molecule has 1 rings (SSSR count). The molecule has 0 unspecified atom stereocenters. The van der Waals surface area contributed by atoms with Crippen molar-refractivity contribution in [2.75, 3.05) is 13.2 Å². The highest BCUT2D eigenvalue weighted by atomic mass is 35.5. The van der Waals surface area contributed by atoms with Gasteiger partial charge in [-0.3, -0.25) is 4.79 Å². The van der Waals surface area contributed by atoms with E-state index in [0.717, 1.165) is 5.56 Å². The van der Waals surface area contributed by atoms with E-state index < -0.39 is 24.2 Å². The normalized spacial score (nSPS) is 12.6. The lowest BCUT2D eigenvalue weighted by Gasteiger charge is -2.16. The molecule has 1 amide bonds. The molecule has 0 saturated carbocycles. The van der Waals surface area contributed by atoms with Crippen LogP contribution < -0.4 is 11.1 Å². The van der Waals surface area contributed by atoms with Gasteiger partial charge in [0, 0.05) is 13.2 Å². The molecule has 1 aromatic rings. The van der Waals surface area contributed by atoms with E-state index in [-0.39, 0.29) is 19.0 Å². The second kappa shape index (κ2) is 11.7. The fourth-order valence-corrected chi connectivity index (χ4v) is 1.61. The molecule has 0 aliphatic carbocycles. The number of carboxylic acid groups (broad SMARTS) is 1. The van der Waals surface area contributed by atoms with Crippen molar-refractivity contribution >= 4 is 24.5 Å². The summed E-state index contributed by atoms with van der Waals surface area (Å²) in [6.07, 6.45) is -0.543. The molecule has 0 bridgehead atoms. The van der Waals surface area contributed by atoms with Crippen molar-refractivity contribution in [3.05, 3.63) is 35.9 Å². The van der Waals surface area contributed by atoms with Gasteiger partial charge in [0.2, 0.25) is 0 Å². The smallest absolute Gasteiger partial charge is 0.407 e. The molecule has 0 spiro atoms. The van der Waals surface area contributed by atoms with Gasteiger partial charge in [-0.25, -0.2) is 4.79 Å². The fraction of sp³-hybridized carbons (Fsp3) is 0.467. The van der Waals surface area contributed by atoms with Gasteiger partial charge in [0.15, 0.2) is 0 Å². The van der Waals surface area contributed by atoms with Crippen LogP contribution in [-0.2, 0) is 20.9 Å². The Bertz CT molecular complexity index is 472. The van der Waals surface area contributed by atoms with Crippen LogP contribution in [0.2, 0.25) is 0 Å². The summed E-state index contributed by atoms with van der Waals surface area (Å²) < 4.78 is 10.3. The predicted octanol–water partition coefficient (Wildman–Crippen LogP) is 1.54. The molecule has 0 aliphatic rings. The monoisotopic (exact) mass is 346 g/mol. The molecule has 0 radical (unpaired) electrons. The number of amides is 1. The van der Waals surface area contributed by atoms with Gasteiger partial charge in [-0.1, -0.05) is 30.3 Å². The van der Waals surface area contributed by atoms with Gasteiger partial charge in [0.05, 0.1) is 6.10 Å². The lowest BCUT2D eigenvalue weighted by Crippen LogP contribution is -2.41. The van der Waals surface area contributed by atoms with Crippen molar-refractivity contribution < 1.29 is 24.2 Å². The predicted molar refractivity (Wildman–Crippen MR) is 87.5 cm³/mol. The van der Waals surface area contributed by atoms with Crippen LogP contribution in [0, 0.1) is 0 Å². The first kappa shape index (κ1) is 21.2. The third-order valence-corrected chi connectivity index (χ3v) is 2.97. The average molecular weight is 347 g/mol. The maximum absolute atomic E-state index is 11.4. The Kier molecular flexibility index (Phi) is 10.8. The minimum Gasteiger partial charge on any atom is -0.480 e. The van der Waals surface area contributed by atoms with Gasteiger partial charge in [-0.05, 0) is 18.9 Å². The second-order valence-corrected chi connectivity index (χ2v) is 4.78. The number of ether oxygens (including phenoxy) is 2. The van der Waals surface area contributed by atoms with Crippen LogP contribution in [0.25, 0.3) is 0 Å². The van der Waals surface area contributed by atoms with E-state index in [1.807, 2.05) is 30.3 Å². The largest absolute Gasteiger partial charge is 0.480 e. The van der Waals surface area contributed by atoms with Gasteiger partial charge < -0.3 is 25.6 Å². The lowest BCUT2D eigenvalue weighted by atomic mass is 10.2. The number of alkyl carbamates (subject to hydrolysis) is 1. The summed E-state index contributed by atoms with van der Waals surface area (Å²) in [5.74, 6) is -1.10. The average Bonchev–Trinajstić information content (AvgIpc) is 2.52. The zero-order valence-corrected chi connectivity index (χ0v) is 13.8. The molecule has 0 fully saturated rings. The molecule has 130 valence electrons. The number of carbonyl (C=O) groups excluding carboxylic acids is 1. The minimum atomic E-state index is -1.10. The Labute approximate surface area is 141 Å². The molecule has 7 nitrogen and oxygen atoms in total. The third kappa shape index (κ3) is 9.02. The topological polar surface area (TPSA) is 111 Å². The molecular weight excluding hydrogens is 324 g/mol. The van der Waals surface area contributed by atoms with Gasteiger partial charge in [-0.2, -0.15) is 0 Å². The molecule has 23 heavy (non-hydrogen) atoms. The Morgan fingerprint density at radius 3 is 2.57 bits per heavy atom. The Morgan fingerprint density at radius 2 is 1.96 bits per heavy atom. The van der Waals surface area contributed by atoms with Crippen molar-refractivity contribution in [1.29, 1.82) is 0 Å². The van der Waals surface area contributed by atoms with Crippen LogP contribution in [0.4, 0.5) is 4.79 Å². The third-order valence-electron chi connectivity index (χ3n) is 2.97. The van der Waals surface area contributed by atoms with Crippen molar-refractivity contribution in [3.8, 4) is 0 Å². The van der Waals surface area contributed by atoms with E-state index in [0.29, 0.717) is 19.6 Å². The van der Waals surface area contributed by atoms with E-state index >= 15 is 0 Å². The zero-order valence-electron chi connectivity index (χ0n) is 12.9. The highest BCUT2D eigenvalue weighted by Gasteiger charge is 2.20. The van der Waals surface area contributed by atoms with Gasteiger partial charge in [-0.15, -0.1) is 12.4 Å². The highest BCUT2D eigenvalue weighted by molar-refractivity contribution is 5.85. The van der Waals surface area contributed by atoms with Crippen molar-refractivity contribution in [3.63, 3.8) is 0 Å². The minimum absolute atomic E-state index is 0. The summed E-state index contributed by atoms with van der Waals surface area (Å²) in [5, 5.41) is 11.3. The van der Waals surface area contributed by atoms with Crippen LogP contribution in [0.1, 0.15) is 18.9 Å². The number of carboxylic acids is 1. The van der Waals surface area contributed by atoms with Gasteiger partial charge >= 0.3 is 12.1 Å². The molecule has 8 heteroatoms. The molecule has 2 atom stereocenters. The molecule has 4 N–H and O–H groups in total. The molecule has 1 aromatic carbocycles. The van der Waals surface area contributed by atoms with Crippen LogP contribution in [0.15, 0.2) is 30.3 Å². The molecule has 0 aromatic heterocycles. The molecule has 0 saturated heterocycles. The number of carbonyl (C=O) groups is 2. The highest BCUT2D eigenvalue weighted by Crippen LogP contribution is 2.00. The summed E-state index contributed by atoms with van der Waals surface area (Å²) in [4.78, 5) is 22.1. The Hall–Kier alpha value is -1.83. The van der Waals surface area contributed by atoms with E-state index in [2.05, 4.69) is 5.32 Å². The van der Waals surface area contributed by atoms with E-state index in [1.54, 1.807) is 6.92 Å². The molecular formula is C15H23ClN2O5. The quantitative estimate of drug-likeness (QED) is 0.585. The standard InChI is InChI=1S/C15H22N2O5.ClH/c1-11(13(16)14(18)19)21-9-5-8-17-15(20)22-10-12-6-3-2-4-7-12;/h2-4,6-7,11,13H,5,8-10,16H2,1H3,(H,17,20)(H,18,19);1H/t11-,13-;/m0./s1. The summed E-state index contributed by atoms with van der Waals surface area (Å²) >= 11 is 0. The van der Waals surface area contributed by atoms with Gasteiger partial charge in [0.25, 0.3) is 0 Å². The molecule has 0 heterocycles. The fourth-order valence-electron chi connectivity index (χ4n) is 1.61. The number of halogens is 1. The van der Waals surface area contributed by atoms with Crippen LogP contribution in [0.5, 0.6) is 0 Å². The second-order valence-electron chi connectivity index (χ2n) is 4.78. The number of nitrogens with two attached hydrogens (primary N) is 1. The van der Waals surface area contributed by atoms with Crippen molar-refractivity contribution in [2.45, 2.75) is 32.1 Å². The van der Waals surface area contributed by atoms with Crippen LogP contribution >= 0.6 is 12.4 Å². The summed E-state index contributed by atoms with van der Waals surface area (Å²) in [7, 11) is 0. The number of benzene rings is 1. The number of hydrogen-bond acceptors (Lipinski definition) is 5. The lowest BCUT2D eigenvalue weighted by molar-refractivity contribution is -0.142. The van der Waals surface area contributed by atoms with Crippen LogP contribution in [0.3, 0.4) is 0 Å². The summed E-state index contributed by atoms with van der Waals surface area (Å²) in [5.41, 5.74) is 6.32. The maximum Gasteiger partial charge on any atom is 0.407 e. The van der Waals surface area contributed by atoms with E-state index in [9.17, 15) is 9.59 Å². The summed E-state index contributed by atoms with van der Waals surface area (Å²) in [6.45, 7) is 2.50. The first-order valence-corrected chi connectivity index (χ1v) is 7.05. The summed E-state index contributed by atoms with van der Waals surface area (Å²) in [6, 6.07) is 8.32. The van der Waals surface area contributed by atoms with E-state index in [1.165, 1.54) is 0 Å². The van der Waals surface area contributed by atoms with Crippen molar-refractivity contribution in [1.82, 2.24) is 5.32 Å². The van der Waals surface area contributed by atoms with Crippen LogP contribution in [-0.4, -0.2) is 42.5 Å². The number of rotatable bonds is 9. The number of nitrogens with one attached hydrogen (secondary N) is 1. The van der Waals surface area contributed by atoms with Gasteiger partial charge in [0.1, 0.15) is 12.6 Å². The SMILES string of the molecule is C[C@H](OCCCNC(=O)OCc1ccccc1)[C@H](N)C(=O)O.Cl. The number of hydrogen-bond donors (Lipinski definition) is 3. The maximum atomic E-state index is 11.4. The number of aliphatic carboxylic acids is 1. The first-order valence-electron chi connectivity index (χ1n) is 7.05. The Morgan fingerprint density at radius 1 is 1.30 bits per heavy atom. The van der Waals surface area contributed by atoms with Crippen molar-refractivity contribution in [2.24, 2.45) is 5.73 Å².